The van der Waals surface area contributed by atoms with Gasteiger partial charge in [-0.25, -0.2) is 9.97 Å². The first-order valence-electron chi connectivity index (χ1n) is 7.64. The quantitative estimate of drug-likeness (QED) is 0.777. The average Bonchev–Trinajstić information content (AvgIpc) is 2.27. The number of anilines is 1. The van der Waals surface area contributed by atoms with Crippen LogP contribution in [0.5, 0.6) is 0 Å². The molecule has 0 radical (unpaired) electrons. The third-order valence-electron chi connectivity index (χ3n) is 5.62. The summed E-state index contributed by atoms with van der Waals surface area (Å²) in [6.07, 6.45) is 12.0. The van der Waals surface area contributed by atoms with E-state index in [0.29, 0.717) is 10.8 Å². The topological polar surface area (TPSA) is 37.8 Å². The summed E-state index contributed by atoms with van der Waals surface area (Å²) in [7, 11) is 0. The van der Waals surface area contributed by atoms with E-state index in [1.54, 1.807) is 0 Å². The lowest BCUT2D eigenvalue weighted by molar-refractivity contribution is -0.0975. The molecule has 4 fully saturated rings. The minimum absolute atomic E-state index is 0.246. The van der Waals surface area contributed by atoms with Crippen LogP contribution in [0, 0.1) is 20.3 Å². The van der Waals surface area contributed by atoms with Gasteiger partial charge >= 0.3 is 0 Å². The molecular weight excluding hydrogens is 361 g/mol. The summed E-state index contributed by atoms with van der Waals surface area (Å²) in [6.45, 7) is 5.00. The molecule has 20 heavy (non-hydrogen) atoms. The number of nitrogens with one attached hydrogen (secondary N) is 1. The van der Waals surface area contributed by atoms with E-state index < -0.39 is 0 Å². The van der Waals surface area contributed by atoms with Gasteiger partial charge in [0.25, 0.3) is 0 Å². The largest absolute Gasteiger partial charge is 0.349 e. The Balaban J connectivity index is 1.65. The van der Waals surface area contributed by atoms with Gasteiger partial charge in [-0.3, -0.25) is 0 Å². The van der Waals surface area contributed by atoms with Crippen LogP contribution in [-0.4, -0.2) is 15.5 Å². The fourth-order valence-electron chi connectivity index (χ4n) is 6.20. The van der Waals surface area contributed by atoms with E-state index in [1.165, 1.54) is 38.5 Å². The minimum atomic E-state index is 0.246. The van der Waals surface area contributed by atoms with Crippen LogP contribution in [-0.2, 0) is 0 Å². The minimum Gasteiger partial charge on any atom is -0.349 e. The van der Waals surface area contributed by atoms with E-state index in [9.17, 15) is 0 Å². The van der Waals surface area contributed by atoms with Gasteiger partial charge in [0, 0.05) is 21.5 Å². The molecule has 2 unspecified atom stereocenters. The first kappa shape index (κ1) is 13.3. The van der Waals surface area contributed by atoms with Gasteiger partial charge in [0.1, 0.15) is 0 Å². The highest BCUT2D eigenvalue weighted by atomic mass is 127. The molecule has 1 aromatic heterocycles. The van der Waals surface area contributed by atoms with E-state index >= 15 is 0 Å². The van der Waals surface area contributed by atoms with Crippen molar-refractivity contribution in [3.8, 4) is 0 Å². The zero-order chi connectivity index (χ0) is 14.0. The number of hydrogen-bond acceptors (Lipinski definition) is 3. The number of rotatable bonds is 2. The summed E-state index contributed by atoms with van der Waals surface area (Å²) in [5.74, 6) is 1.72. The maximum absolute atomic E-state index is 4.47. The van der Waals surface area contributed by atoms with Crippen LogP contribution in [0.1, 0.15) is 52.4 Å². The van der Waals surface area contributed by atoms with E-state index in [4.69, 9.17) is 0 Å². The van der Waals surface area contributed by atoms with Gasteiger partial charge in [0.05, 0.1) is 0 Å². The molecule has 0 aliphatic heterocycles. The predicted octanol–water partition coefficient (Wildman–Crippen LogP) is 4.24. The molecule has 1 N–H and O–H groups in total. The molecule has 4 aliphatic rings. The highest BCUT2D eigenvalue weighted by molar-refractivity contribution is 14.1. The Morgan fingerprint density at radius 1 is 1.05 bits per heavy atom. The monoisotopic (exact) mass is 383 g/mol. The maximum Gasteiger partial charge on any atom is 0.223 e. The smallest absolute Gasteiger partial charge is 0.223 e. The normalized spacial score (nSPS) is 45.6. The van der Waals surface area contributed by atoms with E-state index in [1.807, 2.05) is 12.4 Å². The molecule has 108 valence electrons. The van der Waals surface area contributed by atoms with E-state index in [0.717, 1.165) is 15.4 Å². The average molecular weight is 383 g/mol. The van der Waals surface area contributed by atoms with Gasteiger partial charge in [0.15, 0.2) is 0 Å². The van der Waals surface area contributed by atoms with Crippen LogP contribution in [0.2, 0.25) is 0 Å². The third kappa shape index (κ3) is 2.14. The molecule has 0 amide bonds. The third-order valence-corrected chi connectivity index (χ3v) is 6.18. The molecule has 3 nitrogen and oxygen atoms in total. The first-order valence-corrected chi connectivity index (χ1v) is 8.72. The van der Waals surface area contributed by atoms with Crippen molar-refractivity contribution in [2.75, 3.05) is 5.32 Å². The highest BCUT2D eigenvalue weighted by Gasteiger charge is 2.60. The molecule has 4 saturated carbocycles. The van der Waals surface area contributed by atoms with Gasteiger partial charge in [0.2, 0.25) is 5.95 Å². The Morgan fingerprint density at radius 3 is 2.20 bits per heavy atom. The summed E-state index contributed by atoms with van der Waals surface area (Å²) in [5.41, 5.74) is 1.31. The molecule has 4 heteroatoms. The van der Waals surface area contributed by atoms with Crippen LogP contribution in [0.4, 0.5) is 5.95 Å². The summed E-state index contributed by atoms with van der Waals surface area (Å²) < 4.78 is 1.09. The predicted molar refractivity (Wildman–Crippen MR) is 88.5 cm³/mol. The van der Waals surface area contributed by atoms with Gasteiger partial charge < -0.3 is 5.32 Å². The van der Waals surface area contributed by atoms with E-state index in [2.05, 4.69) is 51.7 Å². The fourth-order valence-corrected chi connectivity index (χ4v) is 6.48. The molecule has 5 rings (SSSR count). The molecular formula is C16H22IN3. The Labute approximate surface area is 134 Å². The molecule has 0 saturated heterocycles. The second kappa shape index (κ2) is 4.08. The van der Waals surface area contributed by atoms with Crippen molar-refractivity contribution in [2.24, 2.45) is 16.7 Å². The van der Waals surface area contributed by atoms with E-state index in [-0.39, 0.29) is 5.54 Å². The second-order valence-electron chi connectivity index (χ2n) is 8.26. The molecule has 4 aliphatic carbocycles. The zero-order valence-electron chi connectivity index (χ0n) is 12.2. The summed E-state index contributed by atoms with van der Waals surface area (Å²) in [5, 5.41) is 3.74. The molecule has 1 aromatic rings. The van der Waals surface area contributed by atoms with Gasteiger partial charge in [-0.2, -0.15) is 0 Å². The second-order valence-corrected chi connectivity index (χ2v) is 9.51. The molecule has 0 aromatic carbocycles. The summed E-state index contributed by atoms with van der Waals surface area (Å²) in [6, 6.07) is 0. The molecule has 4 bridgehead atoms. The van der Waals surface area contributed by atoms with Crippen molar-refractivity contribution in [2.45, 2.75) is 57.9 Å². The summed E-state index contributed by atoms with van der Waals surface area (Å²) in [4.78, 5) is 8.94. The fraction of sp³-hybridized carbons (Fsp3) is 0.750. The molecule has 1 heterocycles. The van der Waals surface area contributed by atoms with Crippen molar-refractivity contribution in [3.63, 3.8) is 0 Å². The standard InChI is InChI=1S/C16H22IN3/c1-14-3-11-4-15(2,8-14)10-16(5-11,9-14)20-13-18-6-12(17)7-19-13/h6-7,11H,3-5,8-10H2,1-2H3,(H,18,19,20). The van der Waals surface area contributed by atoms with Crippen molar-refractivity contribution in [3.05, 3.63) is 16.0 Å². The Bertz CT molecular complexity index is 523. The zero-order valence-corrected chi connectivity index (χ0v) is 14.4. The van der Waals surface area contributed by atoms with Crippen molar-refractivity contribution in [1.29, 1.82) is 0 Å². The van der Waals surface area contributed by atoms with Crippen molar-refractivity contribution >= 4 is 28.5 Å². The van der Waals surface area contributed by atoms with Gasteiger partial charge in [-0.15, -0.1) is 0 Å². The Kier molecular flexibility index (Phi) is 2.71. The molecule has 0 spiro atoms. The van der Waals surface area contributed by atoms with Crippen LogP contribution in [0.25, 0.3) is 0 Å². The number of halogens is 1. The van der Waals surface area contributed by atoms with Crippen molar-refractivity contribution < 1.29 is 0 Å². The lowest BCUT2D eigenvalue weighted by atomic mass is 9.43. The number of nitrogens with zero attached hydrogens (tertiary/aromatic N) is 2. The maximum atomic E-state index is 4.47. The number of aromatic nitrogens is 2. The number of hydrogen-bond donors (Lipinski definition) is 1. The Morgan fingerprint density at radius 2 is 1.65 bits per heavy atom. The Hall–Kier alpha value is -0.390. The van der Waals surface area contributed by atoms with Crippen LogP contribution in [0.15, 0.2) is 12.4 Å². The van der Waals surface area contributed by atoms with Crippen LogP contribution < -0.4 is 5.32 Å². The van der Waals surface area contributed by atoms with Crippen LogP contribution >= 0.6 is 22.6 Å². The lowest BCUT2D eigenvalue weighted by Gasteiger charge is -2.65. The highest BCUT2D eigenvalue weighted by Crippen LogP contribution is 2.66. The first-order chi connectivity index (χ1) is 9.38. The SMILES string of the molecule is CC12CC3CC(C)(C1)CC(Nc1ncc(I)cn1)(C3)C2. The summed E-state index contributed by atoms with van der Waals surface area (Å²) >= 11 is 2.26. The lowest BCUT2D eigenvalue weighted by Crippen LogP contribution is -2.61. The van der Waals surface area contributed by atoms with Crippen LogP contribution in [0.3, 0.4) is 0 Å². The van der Waals surface area contributed by atoms with Gasteiger partial charge in [-0.1, -0.05) is 13.8 Å². The van der Waals surface area contributed by atoms with Crippen molar-refractivity contribution in [1.82, 2.24) is 9.97 Å². The molecule has 2 atom stereocenters. The van der Waals surface area contributed by atoms with Gasteiger partial charge in [-0.05, 0) is 77.9 Å².